The molecule has 0 bridgehead atoms. The molecule has 0 aromatic heterocycles. The van der Waals surface area contributed by atoms with Crippen LogP contribution < -0.4 is 14.8 Å². The van der Waals surface area contributed by atoms with E-state index in [0.29, 0.717) is 19.9 Å². The number of piperazine rings is 1. The number of carbonyl (C=O) groups is 1. The molecule has 2 aliphatic rings. The Bertz CT molecular complexity index is 862. The number of nitrogens with zero attached hydrogens (tertiary/aromatic N) is 2. The second kappa shape index (κ2) is 8.67. The monoisotopic (exact) mass is 443 g/mol. The minimum absolute atomic E-state index is 0.0592. The molecule has 2 aromatic carbocycles. The van der Waals surface area contributed by atoms with Gasteiger partial charge in [-0.1, -0.05) is 34.1 Å². The molecule has 0 spiro atoms. The van der Waals surface area contributed by atoms with Crippen molar-refractivity contribution in [3.63, 3.8) is 0 Å². The van der Waals surface area contributed by atoms with Gasteiger partial charge in [-0.2, -0.15) is 0 Å². The molecule has 146 valence electrons. The fraction of sp³-hybridized carbons (Fsp3) is 0.286. The first kappa shape index (κ1) is 18.8. The van der Waals surface area contributed by atoms with Crippen LogP contribution in [0.15, 0.2) is 53.1 Å². The second-order valence-corrected chi connectivity index (χ2v) is 7.70. The van der Waals surface area contributed by atoms with Crippen LogP contribution in [-0.2, 0) is 6.54 Å². The minimum Gasteiger partial charge on any atom is -0.454 e. The van der Waals surface area contributed by atoms with Crippen molar-refractivity contribution in [2.24, 2.45) is 0 Å². The molecular formula is C21H22BrN3O3. The highest BCUT2D eigenvalue weighted by Gasteiger charge is 2.21. The molecule has 1 fully saturated rings. The molecule has 0 atom stereocenters. The van der Waals surface area contributed by atoms with Crippen LogP contribution in [0, 0.1) is 0 Å². The van der Waals surface area contributed by atoms with Gasteiger partial charge < -0.3 is 19.7 Å². The van der Waals surface area contributed by atoms with Crippen LogP contribution >= 0.6 is 15.9 Å². The number of carbonyl (C=O) groups excluding carboxylic acids is 1. The van der Waals surface area contributed by atoms with Crippen LogP contribution in [0.1, 0.15) is 11.1 Å². The van der Waals surface area contributed by atoms with Gasteiger partial charge in [0.05, 0.1) is 0 Å². The zero-order valence-corrected chi connectivity index (χ0v) is 17.0. The normalized spacial score (nSPS) is 16.5. The summed E-state index contributed by atoms with van der Waals surface area (Å²) in [6, 6.07) is 13.9. The standard InChI is InChI=1S/C21H22BrN3O3/c22-18-4-1-16(2-5-18)7-8-23-21(26)25-11-9-24(10-12-25)14-17-3-6-19-20(13-17)28-15-27-19/h1-8,13H,9-12,14-15H2,(H,23,26)/b8-7+. The Morgan fingerprint density at radius 2 is 1.79 bits per heavy atom. The van der Waals surface area contributed by atoms with Crippen molar-refractivity contribution in [3.05, 3.63) is 64.3 Å². The van der Waals surface area contributed by atoms with Gasteiger partial charge >= 0.3 is 6.03 Å². The van der Waals surface area contributed by atoms with Gasteiger partial charge in [0.2, 0.25) is 6.79 Å². The largest absolute Gasteiger partial charge is 0.454 e. The predicted molar refractivity (Wildman–Crippen MR) is 111 cm³/mol. The molecule has 1 saturated heterocycles. The lowest BCUT2D eigenvalue weighted by molar-refractivity contribution is 0.137. The molecular weight excluding hydrogens is 422 g/mol. The summed E-state index contributed by atoms with van der Waals surface area (Å²) in [5.74, 6) is 1.62. The van der Waals surface area contributed by atoms with Gasteiger partial charge in [-0.3, -0.25) is 4.90 Å². The van der Waals surface area contributed by atoms with E-state index in [1.54, 1.807) is 6.20 Å². The number of benzene rings is 2. The molecule has 1 N–H and O–H groups in total. The van der Waals surface area contributed by atoms with E-state index in [4.69, 9.17) is 9.47 Å². The lowest BCUT2D eigenvalue weighted by Crippen LogP contribution is -2.50. The summed E-state index contributed by atoms with van der Waals surface area (Å²) in [5.41, 5.74) is 2.23. The van der Waals surface area contributed by atoms with Gasteiger partial charge in [-0.15, -0.1) is 0 Å². The molecule has 6 nitrogen and oxygen atoms in total. The van der Waals surface area contributed by atoms with Gasteiger partial charge in [0.25, 0.3) is 0 Å². The van der Waals surface area contributed by atoms with E-state index in [0.717, 1.165) is 41.2 Å². The summed E-state index contributed by atoms with van der Waals surface area (Å²) < 4.78 is 11.8. The molecule has 2 aromatic rings. The molecule has 2 aliphatic heterocycles. The number of fused-ring (bicyclic) bond motifs is 1. The Labute approximate surface area is 172 Å². The van der Waals surface area contributed by atoms with Crippen LogP contribution in [0.25, 0.3) is 6.08 Å². The number of hydrogen-bond donors (Lipinski definition) is 1. The van der Waals surface area contributed by atoms with Gasteiger partial charge in [-0.25, -0.2) is 4.79 Å². The van der Waals surface area contributed by atoms with Crippen molar-refractivity contribution < 1.29 is 14.3 Å². The van der Waals surface area contributed by atoms with Crippen molar-refractivity contribution in [3.8, 4) is 11.5 Å². The van der Waals surface area contributed by atoms with E-state index in [-0.39, 0.29) is 6.03 Å². The van der Waals surface area contributed by atoms with Crippen molar-refractivity contribution >= 4 is 28.0 Å². The predicted octanol–water partition coefficient (Wildman–Crippen LogP) is 3.68. The molecule has 2 heterocycles. The van der Waals surface area contributed by atoms with Gasteiger partial charge in [0.1, 0.15) is 0 Å². The average molecular weight is 444 g/mol. The van der Waals surface area contributed by atoms with Crippen LogP contribution in [0.3, 0.4) is 0 Å². The molecule has 0 aliphatic carbocycles. The van der Waals surface area contributed by atoms with Crippen molar-refractivity contribution in [2.45, 2.75) is 6.54 Å². The number of nitrogens with one attached hydrogen (secondary N) is 1. The first-order valence-corrected chi connectivity index (χ1v) is 10.1. The Hall–Kier alpha value is -2.51. The number of urea groups is 1. The maximum absolute atomic E-state index is 12.3. The average Bonchev–Trinajstić information content (AvgIpc) is 3.18. The number of hydrogen-bond acceptors (Lipinski definition) is 4. The van der Waals surface area contributed by atoms with Crippen LogP contribution in [0.4, 0.5) is 4.79 Å². The molecule has 7 heteroatoms. The third-order valence-electron chi connectivity index (χ3n) is 4.86. The fourth-order valence-electron chi connectivity index (χ4n) is 3.28. The van der Waals surface area contributed by atoms with Crippen LogP contribution in [0.5, 0.6) is 11.5 Å². The zero-order chi connectivity index (χ0) is 19.3. The quantitative estimate of drug-likeness (QED) is 0.782. The van der Waals surface area contributed by atoms with E-state index in [1.165, 1.54) is 5.56 Å². The molecule has 28 heavy (non-hydrogen) atoms. The Kier molecular flexibility index (Phi) is 5.83. The minimum atomic E-state index is -0.0592. The molecule has 0 unspecified atom stereocenters. The summed E-state index contributed by atoms with van der Waals surface area (Å²) in [7, 11) is 0. The van der Waals surface area contributed by atoms with Crippen molar-refractivity contribution in [1.82, 2.24) is 15.1 Å². The maximum atomic E-state index is 12.3. The summed E-state index contributed by atoms with van der Waals surface area (Å²) in [6.45, 7) is 4.25. The summed E-state index contributed by atoms with van der Waals surface area (Å²) >= 11 is 3.41. The lowest BCUT2D eigenvalue weighted by atomic mass is 10.1. The second-order valence-electron chi connectivity index (χ2n) is 6.79. The Morgan fingerprint density at radius 1 is 1.04 bits per heavy atom. The number of halogens is 1. The topological polar surface area (TPSA) is 54.0 Å². The Balaban J connectivity index is 1.23. The highest BCUT2D eigenvalue weighted by Crippen LogP contribution is 2.32. The lowest BCUT2D eigenvalue weighted by Gasteiger charge is -2.34. The fourth-order valence-corrected chi connectivity index (χ4v) is 3.55. The van der Waals surface area contributed by atoms with Gasteiger partial charge in [0.15, 0.2) is 11.5 Å². The SMILES string of the molecule is O=C(N/C=C/c1ccc(Br)cc1)N1CCN(Cc2ccc3c(c2)OCO3)CC1. The molecule has 2 amide bonds. The van der Waals surface area contributed by atoms with Crippen LogP contribution in [0.2, 0.25) is 0 Å². The summed E-state index contributed by atoms with van der Waals surface area (Å²) in [4.78, 5) is 16.5. The molecule has 4 rings (SSSR count). The van der Waals surface area contributed by atoms with E-state index in [2.05, 4.69) is 32.2 Å². The first-order valence-electron chi connectivity index (χ1n) is 9.26. The third-order valence-corrected chi connectivity index (χ3v) is 5.38. The zero-order valence-electron chi connectivity index (χ0n) is 15.4. The van der Waals surface area contributed by atoms with Crippen molar-refractivity contribution in [1.29, 1.82) is 0 Å². The highest BCUT2D eigenvalue weighted by molar-refractivity contribution is 9.10. The van der Waals surface area contributed by atoms with Crippen LogP contribution in [-0.4, -0.2) is 48.8 Å². The third kappa shape index (κ3) is 4.66. The van der Waals surface area contributed by atoms with E-state index < -0.39 is 0 Å². The van der Waals surface area contributed by atoms with Crippen molar-refractivity contribution in [2.75, 3.05) is 33.0 Å². The summed E-state index contributed by atoms with van der Waals surface area (Å²) in [6.07, 6.45) is 3.59. The van der Waals surface area contributed by atoms with Gasteiger partial charge in [-0.05, 0) is 41.5 Å². The highest BCUT2D eigenvalue weighted by atomic mass is 79.9. The first-order chi connectivity index (χ1) is 13.7. The van der Waals surface area contributed by atoms with E-state index in [1.807, 2.05) is 47.4 Å². The van der Waals surface area contributed by atoms with Gasteiger partial charge in [0, 0.05) is 43.4 Å². The number of amides is 2. The van der Waals surface area contributed by atoms with E-state index in [9.17, 15) is 4.79 Å². The molecule has 0 radical (unpaired) electrons. The number of ether oxygens (including phenoxy) is 2. The Morgan fingerprint density at radius 3 is 2.57 bits per heavy atom. The summed E-state index contributed by atoms with van der Waals surface area (Å²) in [5, 5.41) is 2.85. The smallest absolute Gasteiger partial charge is 0.321 e. The number of rotatable bonds is 4. The van der Waals surface area contributed by atoms with E-state index >= 15 is 0 Å². The maximum Gasteiger partial charge on any atom is 0.321 e. The molecule has 0 saturated carbocycles.